The third kappa shape index (κ3) is 2.19. The summed E-state index contributed by atoms with van der Waals surface area (Å²) in [5, 5.41) is 0. The van der Waals surface area contributed by atoms with Crippen molar-refractivity contribution in [1.29, 1.82) is 0 Å². The number of hydrogen-bond acceptors (Lipinski definition) is 0. The van der Waals surface area contributed by atoms with E-state index in [1.165, 1.54) is 12.2 Å². The third-order valence-corrected chi connectivity index (χ3v) is 4.75. The summed E-state index contributed by atoms with van der Waals surface area (Å²) in [7, 11) is 0. The smallest absolute Gasteiger partial charge is 0.130 e. The molecule has 2 heteroatoms. The van der Waals surface area contributed by atoms with Crippen molar-refractivity contribution in [3.63, 3.8) is 0 Å². The molecular weight excluding hydrogens is 278 g/mol. The highest BCUT2D eigenvalue weighted by Gasteiger charge is 2.40. The van der Waals surface area contributed by atoms with Gasteiger partial charge in [-0.3, -0.25) is 0 Å². The highest BCUT2D eigenvalue weighted by atomic mass is 19.1. The monoisotopic (exact) mass is 296 g/mol. The van der Waals surface area contributed by atoms with Gasteiger partial charge in [-0.15, -0.1) is 0 Å². The van der Waals surface area contributed by atoms with Gasteiger partial charge in [0.25, 0.3) is 0 Å². The van der Waals surface area contributed by atoms with Crippen LogP contribution in [0.5, 0.6) is 0 Å². The zero-order valence-electron chi connectivity index (χ0n) is 12.4. The van der Waals surface area contributed by atoms with Crippen LogP contribution in [0.15, 0.2) is 49.6 Å². The summed E-state index contributed by atoms with van der Waals surface area (Å²) in [4.78, 5) is 0. The lowest BCUT2D eigenvalue weighted by Crippen LogP contribution is -2.35. The fourth-order valence-electron chi connectivity index (χ4n) is 3.26. The molecule has 0 aromatic heterocycles. The molecule has 112 valence electrons. The van der Waals surface area contributed by atoms with E-state index in [4.69, 9.17) is 0 Å². The fourth-order valence-corrected chi connectivity index (χ4v) is 3.26. The molecule has 0 unspecified atom stereocenters. The van der Waals surface area contributed by atoms with Crippen LogP contribution >= 0.6 is 0 Å². The second-order valence-electron chi connectivity index (χ2n) is 5.82. The van der Waals surface area contributed by atoms with Gasteiger partial charge in [0.2, 0.25) is 0 Å². The van der Waals surface area contributed by atoms with Gasteiger partial charge in [0.15, 0.2) is 0 Å². The molecule has 1 aliphatic carbocycles. The second-order valence-corrected chi connectivity index (χ2v) is 5.82. The van der Waals surface area contributed by atoms with Crippen molar-refractivity contribution in [2.45, 2.75) is 24.7 Å². The first-order valence-electron chi connectivity index (χ1n) is 7.45. The highest BCUT2D eigenvalue weighted by Crippen LogP contribution is 2.49. The molecule has 0 spiro atoms. The Labute approximate surface area is 129 Å². The zero-order chi connectivity index (χ0) is 15.7. The highest BCUT2D eigenvalue weighted by molar-refractivity contribution is 5.53. The van der Waals surface area contributed by atoms with Crippen LogP contribution in [0, 0.1) is 11.6 Å². The van der Waals surface area contributed by atoms with Gasteiger partial charge < -0.3 is 0 Å². The molecule has 0 radical (unpaired) electrons. The van der Waals surface area contributed by atoms with Gasteiger partial charge in [0, 0.05) is 16.5 Å². The van der Waals surface area contributed by atoms with E-state index < -0.39 is 0 Å². The molecule has 0 aliphatic heterocycles. The van der Waals surface area contributed by atoms with Gasteiger partial charge in [-0.2, -0.15) is 0 Å². The number of benzene rings is 2. The molecule has 1 fully saturated rings. The molecule has 22 heavy (non-hydrogen) atoms. The van der Waals surface area contributed by atoms with Crippen LogP contribution in [0.25, 0.3) is 12.2 Å². The Morgan fingerprint density at radius 1 is 0.818 bits per heavy atom. The molecule has 0 atom stereocenters. The molecule has 1 aliphatic rings. The lowest BCUT2D eigenvalue weighted by Gasteiger charge is -2.43. The van der Waals surface area contributed by atoms with Gasteiger partial charge in [-0.05, 0) is 36.1 Å². The van der Waals surface area contributed by atoms with Gasteiger partial charge in [-0.1, -0.05) is 56.0 Å². The summed E-state index contributed by atoms with van der Waals surface area (Å²) < 4.78 is 28.2. The van der Waals surface area contributed by atoms with Crippen LogP contribution in [0.1, 0.15) is 41.5 Å². The van der Waals surface area contributed by atoms with Crippen LogP contribution in [-0.4, -0.2) is 0 Å². The van der Waals surface area contributed by atoms with E-state index in [0.717, 1.165) is 30.4 Å². The average molecular weight is 296 g/mol. The maximum Gasteiger partial charge on any atom is 0.130 e. The van der Waals surface area contributed by atoms with E-state index in [1.807, 2.05) is 12.1 Å². The predicted molar refractivity (Wildman–Crippen MR) is 87.6 cm³/mol. The van der Waals surface area contributed by atoms with E-state index in [-0.39, 0.29) is 17.0 Å². The second kappa shape index (κ2) is 5.53. The summed E-state index contributed by atoms with van der Waals surface area (Å²) in [6.45, 7) is 7.22. The molecule has 1 saturated carbocycles. The van der Waals surface area contributed by atoms with Crippen LogP contribution in [0.4, 0.5) is 8.78 Å². The van der Waals surface area contributed by atoms with Crippen molar-refractivity contribution in [1.82, 2.24) is 0 Å². The van der Waals surface area contributed by atoms with Crippen molar-refractivity contribution in [3.8, 4) is 0 Å². The summed E-state index contributed by atoms with van der Waals surface area (Å²) >= 11 is 0. The van der Waals surface area contributed by atoms with E-state index in [1.54, 1.807) is 24.3 Å². The first-order chi connectivity index (χ1) is 10.6. The Morgan fingerprint density at radius 3 is 1.55 bits per heavy atom. The minimum atomic E-state index is -0.277. The average Bonchev–Trinajstić information content (AvgIpc) is 2.46. The fraction of sp³-hybridized carbons (Fsp3) is 0.200. The van der Waals surface area contributed by atoms with Crippen molar-refractivity contribution in [3.05, 3.63) is 83.4 Å². The largest absolute Gasteiger partial charge is 0.206 e. The summed E-state index contributed by atoms with van der Waals surface area (Å²) in [5.74, 6) is -0.552. The number of hydrogen-bond donors (Lipinski definition) is 0. The van der Waals surface area contributed by atoms with E-state index >= 15 is 0 Å². The maximum atomic E-state index is 14.1. The molecule has 2 aromatic rings. The summed E-state index contributed by atoms with van der Waals surface area (Å²) in [5.41, 5.74) is 2.53. The van der Waals surface area contributed by atoms with Crippen molar-refractivity contribution < 1.29 is 8.78 Å². The lowest BCUT2D eigenvalue weighted by atomic mass is 9.60. The number of rotatable bonds is 4. The molecular formula is C20H18F2. The van der Waals surface area contributed by atoms with Gasteiger partial charge >= 0.3 is 0 Å². The molecule has 0 nitrogen and oxygen atoms in total. The van der Waals surface area contributed by atoms with Crippen LogP contribution in [-0.2, 0) is 5.41 Å². The quantitative estimate of drug-likeness (QED) is 0.676. The molecule has 0 N–H and O–H groups in total. The van der Waals surface area contributed by atoms with Crippen molar-refractivity contribution >= 4 is 12.2 Å². The first-order valence-corrected chi connectivity index (χ1v) is 7.45. The third-order valence-electron chi connectivity index (χ3n) is 4.75. The Kier molecular flexibility index (Phi) is 3.69. The van der Waals surface area contributed by atoms with E-state index in [2.05, 4.69) is 13.2 Å². The van der Waals surface area contributed by atoms with Crippen LogP contribution in [0.2, 0.25) is 0 Å². The van der Waals surface area contributed by atoms with Gasteiger partial charge in [-0.25, -0.2) is 8.78 Å². The molecule has 2 aromatic carbocycles. The van der Waals surface area contributed by atoms with E-state index in [0.29, 0.717) is 11.1 Å². The number of halogens is 2. The molecule has 0 saturated heterocycles. The lowest BCUT2D eigenvalue weighted by molar-refractivity contribution is 0.299. The van der Waals surface area contributed by atoms with Gasteiger partial charge in [0.1, 0.15) is 11.6 Å². The molecule has 0 amide bonds. The topological polar surface area (TPSA) is 0 Å². The molecule has 0 heterocycles. The van der Waals surface area contributed by atoms with Crippen molar-refractivity contribution in [2.24, 2.45) is 0 Å². The normalized spacial score (nSPS) is 15.9. The SMILES string of the molecule is C=Cc1ccc(C2(c3ccc(C=C)c(F)c3)CCC2)cc1F. The minimum absolute atomic E-state index is 0.276. The standard InChI is InChI=1S/C20H18F2/c1-3-14-6-8-16(12-18(14)21)20(10-5-11-20)17-9-7-15(4-2)19(22)13-17/h3-4,6-9,12-13H,1-2,5,10-11H2. The first kappa shape index (κ1) is 14.7. The molecule has 0 bridgehead atoms. The van der Waals surface area contributed by atoms with Crippen molar-refractivity contribution in [2.75, 3.05) is 0 Å². The Balaban J connectivity index is 2.09. The summed E-state index contributed by atoms with van der Waals surface area (Å²) in [6.07, 6.45) is 5.89. The Hall–Kier alpha value is -2.22. The minimum Gasteiger partial charge on any atom is -0.206 e. The molecule has 3 rings (SSSR count). The predicted octanol–water partition coefficient (Wildman–Crippen LogP) is 5.72. The Morgan fingerprint density at radius 2 is 1.27 bits per heavy atom. The van der Waals surface area contributed by atoms with Crippen LogP contribution in [0.3, 0.4) is 0 Å². The Bertz CT molecular complexity index is 680. The maximum absolute atomic E-state index is 14.1. The zero-order valence-corrected chi connectivity index (χ0v) is 12.4. The summed E-state index contributed by atoms with van der Waals surface area (Å²) in [6, 6.07) is 10.5. The van der Waals surface area contributed by atoms with Gasteiger partial charge in [0.05, 0.1) is 0 Å². The van der Waals surface area contributed by atoms with Crippen LogP contribution < -0.4 is 0 Å². The van der Waals surface area contributed by atoms with E-state index in [9.17, 15) is 8.78 Å².